The number of carbonyl (C=O) groups is 1. The summed E-state index contributed by atoms with van der Waals surface area (Å²) >= 11 is 3.36. The summed E-state index contributed by atoms with van der Waals surface area (Å²) < 4.78 is 6.25. The third-order valence-electron chi connectivity index (χ3n) is 3.09. The first-order valence-electron chi connectivity index (χ1n) is 6.77. The van der Waals surface area contributed by atoms with Crippen molar-refractivity contribution in [3.05, 3.63) is 70.8 Å². The molecule has 2 aromatic carbocycles. The molecule has 0 spiro atoms. The highest BCUT2D eigenvalue weighted by Crippen LogP contribution is 2.20. The van der Waals surface area contributed by atoms with Crippen LogP contribution in [0.2, 0.25) is 0 Å². The van der Waals surface area contributed by atoms with E-state index in [1.54, 1.807) is 6.07 Å². The Labute approximate surface area is 136 Å². The number of carbonyl (C=O) groups excluding carboxylic acids is 1. The van der Waals surface area contributed by atoms with Gasteiger partial charge in [-0.2, -0.15) is 0 Å². The van der Waals surface area contributed by atoms with Crippen LogP contribution in [0.5, 0.6) is 0 Å². The molecule has 0 saturated carbocycles. The molecule has 0 fully saturated rings. The average Bonchev–Trinajstić information content (AvgIpc) is 2.99. The fraction of sp³-hybridized carbons (Fsp3) is 0.0588. The van der Waals surface area contributed by atoms with Crippen LogP contribution < -0.4 is 5.32 Å². The molecule has 110 valence electrons. The minimum Gasteiger partial charge on any atom is -0.356 e. The van der Waals surface area contributed by atoms with Crippen LogP contribution in [-0.2, 0) is 11.2 Å². The molecule has 1 N–H and O–H groups in total. The zero-order valence-electron chi connectivity index (χ0n) is 11.6. The monoisotopic (exact) mass is 356 g/mol. The van der Waals surface area contributed by atoms with Crippen molar-refractivity contribution < 1.29 is 9.32 Å². The smallest absolute Gasteiger partial charge is 0.230 e. The van der Waals surface area contributed by atoms with Gasteiger partial charge in [0.1, 0.15) is 0 Å². The number of nitrogens with zero attached hydrogens (tertiary/aromatic N) is 1. The van der Waals surface area contributed by atoms with Crippen LogP contribution in [0, 0.1) is 0 Å². The second-order valence-corrected chi connectivity index (χ2v) is 5.70. The van der Waals surface area contributed by atoms with Gasteiger partial charge >= 0.3 is 0 Å². The number of rotatable bonds is 4. The Hall–Kier alpha value is -2.40. The molecule has 0 radical (unpaired) electrons. The van der Waals surface area contributed by atoms with Gasteiger partial charge in [-0.1, -0.05) is 51.4 Å². The first-order valence-corrected chi connectivity index (χ1v) is 7.56. The normalized spacial score (nSPS) is 10.4. The fourth-order valence-corrected chi connectivity index (χ4v) is 2.30. The Morgan fingerprint density at radius 1 is 1.09 bits per heavy atom. The fourth-order valence-electron chi connectivity index (χ4n) is 2.04. The summed E-state index contributed by atoms with van der Waals surface area (Å²) in [4.78, 5) is 12.0. The lowest BCUT2D eigenvalue weighted by Crippen LogP contribution is -2.14. The maximum Gasteiger partial charge on any atom is 0.230 e. The van der Waals surface area contributed by atoms with Gasteiger partial charge in [0.15, 0.2) is 5.76 Å². The van der Waals surface area contributed by atoms with Gasteiger partial charge in [0.05, 0.1) is 12.1 Å². The van der Waals surface area contributed by atoms with Gasteiger partial charge < -0.3 is 9.84 Å². The molecule has 1 aromatic heterocycles. The van der Waals surface area contributed by atoms with Crippen LogP contribution in [-0.4, -0.2) is 11.1 Å². The number of aromatic nitrogens is 1. The van der Waals surface area contributed by atoms with E-state index in [0.717, 1.165) is 15.7 Å². The topological polar surface area (TPSA) is 55.1 Å². The lowest BCUT2D eigenvalue weighted by atomic mass is 10.1. The van der Waals surface area contributed by atoms with E-state index in [1.165, 1.54) is 0 Å². The molecule has 5 heteroatoms. The maximum atomic E-state index is 12.0. The lowest BCUT2D eigenvalue weighted by Gasteiger charge is -2.03. The third-order valence-corrected chi connectivity index (χ3v) is 3.62. The minimum absolute atomic E-state index is 0.129. The summed E-state index contributed by atoms with van der Waals surface area (Å²) in [6.07, 6.45) is 0.173. The highest BCUT2D eigenvalue weighted by molar-refractivity contribution is 9.10. The SMILES string of the molecule is O=C(Cc1cc(-c2ccccc2)on1)Nc1ccc(Br)cc1. The van der Waals surface area contributed by atoms with E-state index in [9.17, 15) is 4.79 Å². The van der Waals surface area contributed by atoms with Crippen LogP contribution in [0.25, 0.3) is 11.3 Å². The molecule has 0 atom stereocenters. The molecular weight excluding hydrogens is 344 g/mol. The molecule has 1 heterocycles. The quantitative estimate of drug-likeness (QED) is 0.758. The van der Waals surface area contributed by atoms with Crippen molar-refractivity contribution in [2.75, 3.05) is 5.32 Å². The van der Waals surface area contributed by atoms with Crippen LogP contribution in [0.4, 0.5) is 5.69 Å². The standard InChI is InChI=1S/C17H13BrN2O2/c18-13-6-8-14(9-7-13)19-17(21)11-15-10-16(22-20-15)12-4-2-1-3-5-12/h1-10H,11H2,(H,19,21). The highest BCUT2D eigenvalue weighted by atomic mass is 79.9. The number of hydrogen-bond acceptors (Lipinski definition) is 3. The first kappa shape index (κ1) is 14.5. The molecule has 0 aliphatic carbocycles. The average molecular weight is 357 g/mol. The number of nitrogens with one attached hydrogen (secondary N) is 1. The third kappa shape index (κ3) is 3.62. The highest BCUT2D eigenvalue weighted by Gasteiger charge is 2.10. The summed E-state index contributed by atoms with van der Waals surface area (Å²) in [6, 6.07) is 18.9. The zero-order valence-corrected chi connectivity index (χ0v) is 13.2. The van der Waals surface area contributed by atoms with Gasteiger partial charge in [-0.05, 0) is 24.3 Å². The minimum atomic E-state index is -0.129. The summed E-state index contributed by atoms with van der Waals surface area (Å²) in [7, 11) is 0. The number of benzene rings is 2. The molecule has 0 unspecified atom stereocenters. The van der Waals surface area contributed by atoms with Crippen LogP contribution in [0.1, 0.15) is 5.69 Å². The van der Waals surface area contributed by atoms with E-state index >= 15 is 0 Å². The lowest BCUT2D eigenvalue weighted by molar-refractivity contribution is -0.115. The first-order chi connectivity index (χ1) is 10.7. The van der Waals surface area contributed by atoms with Crippen molar-refractivity contribution in [3.63, 3.8) is 0 Å². The van der Waals surface area contributed by atoms with Crippen molar-refractivity contribution in [3.8, 4) is 11.3 Å². The van der Waals surface area contributed by atoms with Crippen LogP contribution >= 0.6 is 15.9 Å². The van der Waals surface area contributed by atoms with Crippen LogP contribution in [0.15, 0.2) is 69.7 Å². The molecule has 3 aromatic rings. The van der Waals surface area contributed by atoms with Crippen LogP contribution in [0.3, 0.4) is 0 Å². The molecule has 0 bridgehead atoms. The second-order valence-electron chi connectivity index (χ2n) is 4.78. The van der Waals surface area contributed by atoms with E-state index in [1.807, 2.05) is 54.6 Å². The summed E-state index contributed by atoms with van der Waals surface area (Å²) in [6.45, 7) is 0. The summed E-state index contributed by atoms with van der Waals surface area (Å²) in [5.74, 6) is 0.530. The van der Waals surface area contributed by atoms with Crippen molar-refractivity contribution in [2.24, 2.45) is 0 Å². The van der Waals surface area contributed by atoms with E-state index in [-0.39, 0.29) is 12.3 Å². The summed E-state index contributed by atoms with van der Waals surface area (Å²) in [5, 5.41) is 6.77. The van der Waals surface area contributed by atoms with Crippen molar-refractivity contribution in [2.45, 2.75) is 6.42 Å². The Balaban J connectivity index is 1.65. The largest absolute Gasteiger partial charge is 0.356 e. The van der Waals surface area contributed by atoms with E-state index in [0.29, 0.717) is 11.5 Å². The molecule has 0 aliphatic heterocycles. The van der Waals surface area contributed by atoms with Gasteiger partial charge in [0, 0.05) is 21.8 Å². The molecule has 0 saturated heterocycles. The molecule has 1 amide bonds. The zero-order chi connectivity index (χ0) is 15.4. The van der Waals surface area contributed by atoms with E-state index in [4.69, 9.17) is 4.52 Å². The van der Waals surface area contributed by atoms with Gasteiger partial charge in [-0.3, -0.25) is 4.79 Å². The molecule has 3 rings (SSSR count). The van der Waals surface area contributed by atoms with E-state index < -0.39 is 0 Å². The van der Waals surface area contributed by atoms with Gasteiger partial charge in [-0.25, -0.2) is 0 Å². The molecular formula is C17H13BrN2O2. The number of hydrogen-bond donors (Lipinski definition) is 1. The predicted molar refractivity (Wildman–Crippen MR) is 88.4 cm³/mol. The molecule has 0 aliphatic rings. The number of anilines is 1. The maximum absolute atomic E-state index is 12.0. The van der Waals surface area contributed by atoms with Crippen molar-refractivity contribution >= 4 is 27.5 Å². The van der Waals surface area contributed by atoms with Gasteiger partial charge in [0.25, 0.3) is 0 Å². The predicted octanol–water partition coefficient (Wildman–Crippen LogP) is 4.29. The number of halogens is 1. The molecule has 4 nitrogen and oxygen atoms in total. The Kier molecular flexibility index (Phi) is 4.34. The Morgan fingerprint density at radius 3 is 2.55 bits per heavy atom. The molecule has 22 heavy (non-hydrogen) atoms. The van der Waals surface area contributed by atoms with Crippen molar-refractivity contribution in [1.82, 2.24) is 5.16 Å². The summed E-state index contributed by atoms with van der Waals surface area (Å²) in [5.41, 5.74) is 2.29. The number of amides is 1. The Bertz CT molecular complexity index is 767. The van der Waals surface area contributed by atoms with Crippen molar-refractivity contribution in [1.29, 1.82) is 0 Å². The Morgan fingerprint density at radius 2 is 1.82 bits per heavy atom. The second kappa shape index (κ2) is 6.58. The van der Waals surface area contributed by atoms with E-state index in [2.05, 4.69) is 26.4 Å². The van der Waals surface area contributed by atoms with Gasteiger partial charge in [-0.15, -0.1) is 0 Å². The van der Waals surface area contributed by atoms with Gasteiger partial charge in [0.2, 0.25) is 5.91 Å².